The predicted molar refractivity (Wildman–Crippen MR) is 85.1 cm³/mol. The summed E-state index contributed by atoms with van der Waals surface area (Å²) in [6.07, 6.45) is 4.59. The summed E-state index contributed by atoms with van der Waals surface area (Å²) in [6.45, 7) is 0. The van der Waals surface area contributed by atoms with Crippen LogP contribution in [0.5, 0.6) is 0 Å². The molecule has 1 heterocycles. The Labute approximate surface area is 134 Å². The molecule has 2 atom stereocenters. The second-order valence-corrected chi connectivity index (χ2v) is 6.28. The molecule has 2 amide bonds. The van der Waals surface area contributed by atoms with Crippen LogP contribution in [0.3, 0.4) is 0 Å². The van der Waals surface area contributed by atoms with Gasteiger partial charge in [0.25, 0.3) is 5.91 Å². The zero-order valence-corrected chi connectivity index (χ0v) is 12.6. The van der Waals surface area contributed by atoms with E-state index >= 15 is 0 Å². The number of hydrogen-bond donors (Lipinski definition) is 2. The normalized spacial score (nSPS) is 22.4. The molecule has 2 aromatic rings. The lowest BCUT2D eigenvalue weighted by Crippen LogP contribution is -2.25. The van der Waals surface area contributed by atoms with Gasteiger partial charge < -0.3 is 15.1 Å². The Morgan fingerprint density at radius 1 is 1.09 bits per heavy atom. The fraction of sp³-hybridized carbons (Fsp3) is 0.333. The van der Waals surface area contributed by atoms with Gasteiger partial charge in [0, 0.05) is 29.1 Å². The van der Waals surface area contributed by atoms with Crippen molar-refractivity contribution in [3.63, 3.8) is 0 Å². The summed E-state index contributed by atoms with van der Waals surface area (Å²) >= 11 is 0. The first-order valence-corrected chi connectivity index (χ1v) is 7.96. The summed E-state index contributed by atoms with van der Waals surface area (Å²) in [7, 11) is 0. The third-order valence-corrected chi connectivity index (χ3v) is 4.36. The number of benzene rings is 1. The first-order chi connectivity index (χ1) is 11.2. The van der Waals surface area contributed by atoms with Gasteiger partial charge in [0.1, 0.15) is 5.76 Å². The van der Waals surface area contributed by atoms with Gasteiger partial charge in [-0.1, -0.05) is 0 Å². The van der Waals surface area contributed by atoms with Crippen molar-refractivity contribution in [2.75, 3.05) is 5.32 Å². The van der Waals surface area contributed by atoms with E-state index in [2.05, 4.69) is 10.6 Å². The van der Waals surface area contributed by atoms with Gasteiger partial charge in [0.15, 0.2) is 0 Å². The maximum Gasteiger partial charge on any atom is 0.251 e. The Morgan fingerprint density at radius 3 is 2.52 bits per heavy atom. The number of anilines is 1. The van der Waals surface area contributed by atoms with Crippen LogP contribution >= 0.6 is 0 Å². The lowest BCUT2D eigenvalue weighted by Gasteiger charge is -2.07. The van der Waals surface area contributed by atoms with Crippen molar-refractivity contribution < 1.29 is 14.0 Å². The number of amides is 2. The number of carbonyl (C=O) groups excluding carboxylic acids is 2. The van der Waals surface area contributed by atoms with Crippen LogP contribution in [0, 0.1) is 5.92 Å². The van der Waals surface area contributed by atoms with Crippen LogP contribution < -0.4 is 10.6 Å². The largest absolute Gasteiger partial charge is 0.469 e. The summed E-state index contributed by atoms with van der Waals surface area (Å²) in [5, 5.41) is 5.85. The smallest absolute Gasteiger partial charge is 0.251 e. The first-order valence-electron chi connectivity index (χ1n) is 7.96. The van der Waals surface area contributed by atoms with E-state index in [0.717, 1.165) is 25.0 Å². The summed E-state index contributed by atoms with van der Waals surface area (Å²) in [4.78, 5) is 24.1. The van der Waals surface area contributed by atoms with Gasteiger partial charge >= 0.3 is 0 Å². The number of hydrogen-bond acceptors (Lipinski definition) is 3. The predicted octanol–water partition coefficient (Wildman–Crippen LogP) is 2.91. The maximum absolute atomic E-state index is 12.2. The quantitative estimate of drug-likeness (QED) is 0.892. The zero-order valence-electron chi connectivity index (χ0n) is 12.6. The average Bonchev–Trinajstić information content (AvgIpc) is 3.48. The lowest BCUT2D eigenvalue weighted by molar-refractivity contribution is -0.117. The Morgan fingerprint density at radius 2 is 1.87 bits per heavy atom. The first kappa shape index (κ1) is 14.1. The van der Waals surface area contributed by atoms with Crippen LogP contribution in [-0.2, 0) is 4.79 Å². The molecule has 0 bridgehead atoms. The maximum atomic E-state index is 12.2. The third kappa shape index (κ3) is 3.13. The fourth-order valence-electron chi connectivity index (χ4n) is 2.74. The van der Waals surface area contributed by atoms with E-state index in [1.54, 1.807) is 30.5 Å². The molecule has 0 spiro atoms. The molecular formula is C18H18N2O3. The van der Waals surface area contributed by atoms with Gasteiger partial charge in [-0.15, -0.1) is 0 Å². The summed E-state index contributed by atoms with van der Waals surface area (Å²) < 4.78 is 5.34. The summed E-state index contributed by atoms with van der Waals surface area (Å²) in [6, 6.07) is 11.1. The van der Waals surface area contributed by atoms with E-state index in [1.807, 2.05) is 12.1 Å². The minimum Gasteiger partial charge on any atom is -0.469 e. The minimum absolute atomic E-state index is 0.00146. The van der Waals surface area contributed by atoms with Crippen LogP contribution in [0.15, 0.2) is 47.1 Å². The summed E-state index contributed by atoms with van der Waals surface area (Å²) in [5.74, 6) is 0.983. The topological polar surface area (TPSA) is 71.3 Å². The highest BCUT2D eigenvalue weighted by atomic mass is 16.3. The van der Waals surface area contributed by atoms with Gasteiger partial charge in [-0.25, -0.2) is 0 Å². The van der Waals surface area contributed by atoms with Gasteiger partial charge in [0.05, 0.1) is 6.26 Å². The molecule has 1 aromatic carbocycles. The van der Waals surface area contributed by atoms with Crippen molar-refractivity contribution in [1.82, 2.24) is 5.32 Å². The number of rotatable bonds is 5. The second kappa shape index (κ2) is 5.57. The molecule has 23 heavy (non-hydrogen) atoms. The van der Waals surface area contributed by atoms with Crippen molar-refractivity contribution in [3.8, 4) is 0 Å². The Bertz CT molecular complexity index is 717. The molecule has 2 fully saturated rings. The van der Waals surface area contributed by atoms with Gasteiger partial charge in [-0.05, 0) is 55.7 Å². The molecule has 5 heteroatoms. The third-order valence-electron chi connectivity index (χ3n) is 4.36. The van der Waals surface area contributed by atoms with E-state index in [4.69, 9.17) is 4.42 Å². The molecule has 2 unspecified atom stereocenters. The highest BCUT2D eigenvalue weighted by Crippen LogP contribution is 2.48. The van der Waals surface area contributed by atoms with Gasteiger partial charge in [-0.2, -0.15) is 0 Å². The van der Waals surface area contributed by atoms with Gasteiger partial charge in [0.2, 0.25) is 5.91 Å². The molecule has 0 aliphatic heterocycles. The van der Waals surface area contributed by atoms with Crippen molar-refractivity contribution in [2.45, 2.75) is 31.2 Å². The van der Waals surface area contributed by atoms with Crippen molar-refractivity contribution in [1.29, 1.82) is 0 Å². The van der Waals surface area contributed by atoms with E-state index in [9.17, 15) is 9.59 Å². The monoisotopic (exact) mass is 310 g/mol. The number of nitrogens with one attached hydrogen (secondary N) is 2. The average molecular weight is 310 g/mol. The zero-order chi connectivity index (χ0) is 15.8. The Balaban J connectivity index is 1.34. The molecule has 4 rings (SSSR count). The van der Waals surface area contributed by atoms with E-state index in [0.29, 0.717) is 17.3 Å². The van der Waals surface area contributed by atoms with Crippen LogP contribution in [0.2, 0.25) is 0 Å². The number of carbonyl (C=O) groups is 2. The van der Waals surface area contributed by atoms with Crippen LogP contribution in [0.4, 0.5) is 5.69 Å². The van der Waals surface area contributed by atoms with Crippen LogP contribution in [-0.4, -0.2) is 17.9 Å². The number of furan rings is 1. The standard InChI is InChI=1S/C18H18N2O3/c21-17(19-13-7-8-13)11-3-5-12(6-4-11)20-18(22)15-10-14(15)16-2-1-9-23-16/h1-6,9,13-15H,7-8,10H2,(H,19,21)(H,20,22). The van der Waals surface area contributed by atoms with Gasteiger partial charge in [-0.3, -0.25) is 9.59 Å². The van der Waals surface area contributed by atoms with Crippen molar-refractivity contribution >= 4 is 17.5 Å². The highest BCUT2D eigenvalue weighted by Gasteiger charge is 2.45. The van der Waals surface area contributed by atoms with Crippen molar-refractivity contribution in [3.05, 3.63) is 54.0 Å². The lowest BCUT2D eigenvalue weighted by atomic mass is 10.2. The van der Waals surface area contributed by atoms with E-state index in [-0.39, 0.29) is 23.7 Å². The molecule has 2 aliphatic carbocycles. The Hall–Kier alpha value is -2.56. The molecule has 0 radical (unpaired) electrons. The molecule has 2 saturated carbocycles. The highest BCUT2D eigenvalue weighted by molar-refractivity contribution is 5.97. The van der Waals surface area contributed by atoms with E-state index in [1.165, 1.54) is 0 Å². The molecular weight excluding hydrogens is 292 g/mol. The van der Waals surface area contributed by atoms with Crippen molar-refractivity contribution in [2.24, 2.45) is 5.92 Å². The minimum atomic E-state index is -0.0505. The van der Waals surface area contributed by atoms with E-state index < -0.39 is 0 Å². The molecule has 5 nitrogen and oxygen atoms in total. The molecule has 1 aromatic heterocycles. The molecule has 118 valence electrons. The van der Waals surface area contributed by atoms with Crippen LogP contribution in [0.25, 0.3) is 0 Å². The Kier molecular flexibility index (Phi) is 3.41. The fourth-order valence-corrected chi connectivity index (χ4v) is 2.74. The SMILES string of the molecule is O=C(NC1CC1)c1ccc(NC(=O)C2CC2c2ccco2)cc1. The molecule has 2 N–H and O–H groups in total. The summed E-state index contributed by atoms with van der Waals surface area (Å²) in [5.41, 5.74) is 1.33. The molecule has 2 aliphatic rings. The van der Waals surface area contributed by atoms with Crippen LogP contribution in [0.1, 0.15) is 41.3 Å². The molecule has 0 saturated heterocycles. The second-order valence-electron chi connectivity index (χ2n) is 6.28.